The van der Waals surface area contributed by atoms with Gasteiger partial charge in [-0.05, 0) is 6.92 Å². The Kier molecular flexibility index (Phi) is 3.90. The number of aliphatic hydroxyl groups excluding tert-OH is 1. The quantitative estimate of drug-likeness (QED) is 0.632. The number of benzene rings is 1. The van der Waals surface area contributed by atoms with Crippen molar-refractivity contribution in [3.8, 4) is 0 Å². The summed E-state index contributed by atoms with van der Waals surface area (Å²) in [5.74, 6) is -5.17. The van der Waals surface area contributed by atoms with Crippen molar-refractivity contribution in [2.45, 2.75) is 19.0 Å². The maximum atomic E-state index is 13.4. The molecule has 0 radical (unpaired) electrons. The van der Waals surface area contributed by atoms with Crippen LogP contribution in [-0.4, -0.2) is 22.9 Å². The lowest BCUT2D eigenvalue weighted by atomic mass is 10.0. The maximum absolute atomic E-state index is 13.4. The summed E-state index contributed by atoms with van der Waals surface area (Å²) >= 11 is 0. The molecule has 0 amide bonds. The summed E-state index contributed by atoms with van der Waals surface area (Å²) < 4.78 is 26.9. The Morgan fingerprint density at radius 1 is 1.38 bits per heavy atom. The molecule has 0 heterocycles. The van der Waals surface area contributed by atoms with Gasteiger partial charge in [-0.2, -0.15) is 8.78 Å². The lowest BCUT2D eigenvalue weighted by Crippen LogP contribution is -2.40. The number of alkyl halides is 2. The van der Waals surface area contributed by atoms with Crippen molar-refractivity contribution in [1.82, 2.24) is 0 Å². The number of rotatable bonds is 4. The van der Waals surface area contributed by atoms with Crippen LogP contribution in [0.2, 0.25) is 0 Å². The number of allylic oxidation sites excluding steroid dienone is 1. The number of hydrogen-bond acceptors (Lipinski definition) is 2. The highest BCUT2D eigenvalue weighted by atomic mass is 19.3. The van der Waals surface area contributed by atoms with E-state index in [-0.39, 0.29) is 5.56 Å². The fourth-order valence-corrected chi connectivity index (χ4v) is 1.22. The molecule has 0 aliphatic heterocycles. The Labute approximate surface area is 92.2 Å². The molecule has 16 heavy (non-hydrogen) atoms. The number of halogens is 2. The number of hydrogen-bond donors (Lipinski definition) is 1. The first-order valence-corrected chi connectivity index (χ1v) is 4.78. The SMILES string of the molecule is C/C=C/[C@@H](O)C(F)(F)C(=O)c1ccccc1. The highest BCUT2D eigenvalue weighted by molar-refractivity contribution is 6.01. The van der Waals surface area contributed by atoms with Gasteiger partial charge in [0.05, 0.1) is 0 Å². The third-order valence-electron chi connectivity index (χ3n) is 2.08. The molecule has 0 saturated heterocycles. The van der Waals surface area contributed by atoms with Crippen molar-refractivity contribution >= 4 is 5.78 Å². The summed E-state index contributed by atoms with van der Waals surface area (Å²) in [7, 11) is 0. The normalized spacial score (nSPS) is 14.0. The second-order valence-corrected chi connectivity index (χ2v) is 3.29. The smallest absolute Gasteiger partial charge is 0.338 e. The molecule has 0 aliphatic carbocycles. The zero-order valence-corrected chi connectivity index (χ0v) is 8.73. The zero-order valence-electron chi connectivity index (χ0n) is 8.73. The van der Waals surface area contributed by atoms with Crippen LogP contribution in [-0.2, 0) is 0 Å². The fraction of sp³-hybridized carbons (Fsp3) is 0.250. The van der Waals surface area contributed by atoms with E-state index in [1.807, 2.05) is 0 Å². The third-order valence-corrected chi connectivity index (χ3v) is 2.08. The summed E-state index contributed by atoms with van der Waals surface area (Å²) in [6.07, 6.45) is 0.0720. The molecule has 0 bridgehead atoms. The van der Waals surface area contributed by atoms with E-state index in [1.165, 1.54) is 37.3 Å². The molecule has 86 valence electrons. The highest BCUT2D eigenvalue weighted by Crippen LogP contribution is 2.25. The number of carbonyl (C=O) groups excluding carboxylic acids is 1. The van der Waals surface area contributed by atoms with Gasteiger partial charge in [0.15, 0.2) is 0 Å². The van der Waals surface area contributed by atoms with Gasteiger partial charge >= 0.3 is 5.92 Å². The van der Waals surface area contributed by atoms with E-state index in [2.05, 4.69) is 0 Å². The second kappa shape index (κ2) is 4.99. The predicted molar refractivity (Wildman–Crippen MR) is 56.5 cm³/mol. The van der Waals surface area contributed by atoms with E-state index < -0.39 is 17.8 Å². The summed E-state index contributed by atoms with van der Waals surface area (Å²) in [6, 6.07) is 7.19. The summed E-state index contributed by atoms with van der Waals surface area (Å²) in [4.78, 5) is 11.4. The highest BCUT2D eigenvalue weighted by Gasteiger charge is 2.45. The summed E-state index contributed by atoms with van der Waals surface area (Å²) in [5.41, 5.74) is -0.115. The molecular formula is C12H12F2O2. The Hall–Kier alpha value is -1.55. The van der Waals surface area contributed by atoms with Crippen LogP contribution in [0.25, 0.3) is 0 Å². The Bertz CT molecular complexity index is 385. The molecule has 1 aromatic rings. The lowest BCUT2D eigenvalue weighted by Gasteiger charge is -2.18. The van der Waals surface area contributed by atoms with Gasteiger partial charge in [-0.25, -0.2) is 0 Å². The van der Waals surface area contributed by atoms with Crippen LogP contribution in [0.1, 0.15) is 17.3 Å². The van der Waals surface area contributed by atoms with Crippen molar-refractivity contribution in [1.29, 1.82) is 0 Å². The van der Waals surface area contributed by atoms with Gasteiger partial charge in [0.1, 0.15) is 6.10 Å². The van der Waals surface area contributed by atoms with Gasteiger partial charge in [-0.1, -0.05) is 42.5 Å². The van der Waals surface area contributed by atoms with Gasteiger partial charge in [-0.15, -0.1) is 0 Å². The maximum Gasteiger partial charge on any atom is 0.338 e. The standard InChI is InChI=1S/C12H12F2O2/c1-2-6-10(15)12(13,14)11(16)9-7-4-3-5-8-9/h2-8,10,15H,1H3/b6-2+/t10-/m1/s1. The van der Waals surface area contributed by atoms with Gasteiger partial charge in [0.25, 0.3) is 0 Å². The number of carbonyl (C=O) groups is 1. The molecule has 4 heteroatoms. The van der Waals surface area contributed by atoms with Crippen molar-refractivity contribution in [3.05, 3.63) is 48.0 Å². The minimum Gasteiger partial charge on any atom is -0.382 e. The van der Waals surface area contributed by atoms with Crippen LogP contribution in [0.4, 0.5) is 8.78 Å². The number of Topliss-reactive ketones (excluding diaryl/α,β-unsaturated/α-hetero) is 1. The molecule has 0 aliphatic rings. The van der Waals surface area contributed by atoms with Crippen LogP contribution in [0.15, 0.2) is 42.5 Å². The minimum atomic E-state index is -3.80. The largest absolute Gasteiger partial charge is 0.382 e. The van der Waals surface area contributed by atoms with Crippen LogP contribution >= 0.6 is 0 Å². The van der Waals surface area contributed by atoms with E-state index in [0.29, 0.717) is 0 Å². The van der Waals surface area contributed by atoms with Gasteiger partial charge in [-0.3, -0.25) is 4.79 Å². The zero-order chi connectivity index (χ0) is 12.2. The van der Waals surface area contributed by atoms with Crippen LogP contribution in [0, 0.1) is 0 Å². The topological polar surface area (TPSA) is 37.3 Å². The molecular weight excluding hydrogens is 214 g/mol. The first kappa shape index (κ1) is 12.5. The van der Waals surface area contributed by atoms with Gasteiger partial charge < -0.3 is 5.11 Å². The molecule has 0 spiro atoms. The van der Waals surface area contributed by atoms with Gasteiger partial charge in [0, 0.05) is 5.56 Å². The van der Waals surface area contributed by atoms with Crippen molar-refractivity contribution < 1.29 is 18.7 Å². The second-order valence-electron chi connectivity index (χ2n) is 3.29. The van der Waals surface area contributed by atoms with Crippen LogP contribution < -0.4 is 0 Å². The molecule has 2 nitrogen and oxygen atoms in total. The molecule has 1 N–H and O–H groups in total. The predicted octanol–water partition coefficient (Wildman–Crippen LogP) is 2.44. The van der Waals surface area contributed by atoms with Crippen LogP contribution in [0.3, 0.4) is 0 Å². The van der Waals surface area contributed by atoms with Crippen molar-refractivity contribution in [3.63, 3.8) is 0 Å². The first-order valence-electron chi connectivity index (χ1n) is 4.78. The lowest BCUT2D eigenvalue weighted by molar-refractivity contribution is -0.0570. The van der Waals surface area contributed by atoms with E-state index >= 15 is 0 Å². The molecule has 1 rings (SSSR count). The Morgan fingerprint density at radius 2 is 1.94 bits per heavy atom. The average molecular weight is 226 g/mol. The molecule has 1 atom stereocenters. The monoisotopic (exact) mass is 226 g/mol. The average Bonchev–Trinajstić information content (AvgIpc) is 2.29. The Morgan fingerprint density at radius 3 is 2.44 bits per heavy atom. The molecule has 0 unspecified atom stereocenters. The fourth-order valence-electron chi connectivity index (χ4n) is 1.22. The van der Waals surface area contributed by atoms with Crippen LogP contribution in [0.5, 0.6) is 0 Å². The number of aliphatic hydroxyl groups is 1. The summed E-state index contributed by atoms with van der Waals surface area (Å²) in [5, 5.41) is 9.15. The van der Waals surface area contributed by atoms with Crippen molar-refractivity contribution in [2.75, 3.05) is 0 Å². The number of ketones is 1. The van der Waals surface area contributed by atoms with E-state index in [4.69, 9.17) is 5.11 Å². The molecule has 1 aromatic carbocycles. The van der Waals surface area contributed by atoms with Crippen molar-refractivity contribution in [2.24, 2.45) is 0 Å². The Balaban J connectivity index is 2.97. The molecule has 0 fully saturated rings. The van der Waals surface area contributed by atoms with E-state index in [1.54, 1.807) is 6.07 Å². The van der Waals surface area contributed by atoms with Gasteiger partial charge in [0.2, 0.25) is 5.78 Å². The van der Waals surface area contributed by atoms with E-state index in [9.17, 15) is 13.6 Å². The first-order chi connectivity index (χ1) is 7.50. The summed E-state index contributed by atoms with van der Waals surface area (Å²) in [6.45, 7) is 1.49. The minimum absolute atomic E-state index is 0.115. The molecule has 0 saturated carbocycles. The molecule has 0 aromatic heterocycles. The van der Waals surface area contributed by atoms with E-state index in [0.717, 1.165) is 6.08 Å². The third kappa shape index (κ3) is 2.52.